The molecule has 2 rings (SSSR count). The van der Waals surface area contributed by atoms with Crippen molar-refractivity contribution in [2.75, 3.05) is 11.9 Å². The van der Waals surface area contributed by atoms with Gasteiger partial charge < -0.3 is 10.1 Å². The Morgan fingerprint density at radius 2 is 1.95 bits per heavy atom. The Morgan fingerprint density at radius 1 is 1.29 bits per heavy atom. The number of alkyl halides is 3. The fraction of sp³-hybridized carbons (Fsp3) is 0.357. The van der Waals surface area contributed by atoms with E-state index in [1.807, 2.05) is 19.2 Å². The van der Waals surface area contributed by atoms with Gasteiger partial charge in [0.1, 0.15) is 5.75 Å². The number of benzene rings is 1. The smallest absolute Gasteiger partial charge is 0.422 e. The van der Waals surface area contributed by atoms with Crippen LogP contribution in [0.3, 0.4) is 0 Å². The highest BCUT2D eigenvalue weighted by Gasteiger charge is 2.28. The summed E-state index contributed by atoms with van der Waals surface area (Å²) < 4.78 is 40.8. The molecule has 21 heavy (non-hydrogen) atoms. The summed E-state index contributed by atoms with van der Waals surface area (Å²) in [6, 6.07) is 6.40. The molecule has 1 aromatic carbocycles. The maximum atomic E-state index is 12.0. The molecule has 2 aromatic rings. The van der Waals surface area contributed by atoms with E-state index < -0.39 is 12.8 Å². The summed E-state index contributed by atoms with van der Waals surface area (Å²) in [5.74, 6) is 0.190. The van der Waals surface area contributed by atoms with E-state index >= 15 is 0 Å². The van der Waals surface area contributed by atoms with Crippen LogP contribution in [0.25, 0.3) is 0 Å². The first-order valence-electron chi connectivity index (χ1n) is 6.32. The molecule has 0 aliphatic heterocycles. The Labute approximate surface area is 124 Å². The Balaban J connectivity index is 1.93. The van der Waals surface area contributed by atoms with Crippen LogP contribution in [-0.2, 0) is 0 Å². The number of nitrogens with zero attached hydrogens (tertiary/aromatic N) is 1. The fourth-order valence-electron chi connectivity index (χ4n) is 1.72. The van der Waals surface area contributed by atoms with Crippen LogP contribution in [0.2, 0.25) is 0 Å². The topological polar surface area (TPSA) is 34.2 Å². The number of nitrogens with one attached hydrogen (secondary N) is 1. The number of hydrogen-bond acceptors (Lipinski definition) is 4. The highest BCUT2D eigenvalue weighted by Crippen LogP contribution is 2.24. The molecule has 0 radical (unpaired) electrons. The van der Waals surface area contributed by atoms with E-state index in [9.17, 15) is 13.2 Å². The number of aromatic nitrogens is 1. The molecular weight excluding hydrogens is 301 g/mol. The minimum atomic E-state index is -4.33. The monoisotopic (exact) mass is 316 g/mol. The summed E-state index contributed by atoms with van der Waals surface area (Å²) in [5.41, 5.74) is 1.74. The van der Waals surface area contributed by atoms with E-state index in [1.54, 1.807) is 23.5 Å². The number of aryl methyl sites for hydroxylation is 1. The van der Waals surface area contributed by atoms with Gasteiger partial charge in [0.15, 0.2) is 6.61 Å². The van der Waals surface area contributed by atoms with Crippen LogP contribution < -0.4 is 10.1 Å². The van der Waals surface area contributed by atoms with Crippen LogP contribution >= 0.6 is 11.3 Å². The lowest BCUT2D eigenvalue weighted by molar-refractivity contribution is -0.153. The van der Waals surface area contributed by atoms with Crippen LogP contribution in [0.5, 0.6) is 5.75 Å². The summed E-state index contributed by atoms with van der Waals surface area (Å²) in [6.45, 7) is 2.63. The van der Waals surface area contributed by atoms with Gasteiger partial charge in [0, 0.05) is 11.1 Å². The summed E-state index contributed by atoms with van der Waals surface area (Å²) in [4.78, 5) is 4.39. The van der Waals surface area contributed by atoms with Crippen molar-refractivity contribution >= 4 is 17.0 Å². The second-order valence-electron chi connectivity index (χ2n) is 4.59. The molecule has 0 bridgehead atoms. The normalized spacial score (nSPS) is 13.0. The Bertz CT molecular complexity index is 581. The van der Waals surface area contributed by atoms with E-state index in [-0.39, 0.29) is 11.8 Å². The second-order valence-corrected chi connectivity index (χ2v) is 5.65. The van der Waals surface area contributed by atoms with Gasteiger partial charge in [-0.25, -0.2) is 4.98 Å². The summed E-state index contributed by atoms with van der Waals surface area (Å²) in [7, 11) is 0. The molecule has 1 unspecified atom stereocenters. The largest absolute Gasteiger partial charge is 0.484 e. The maximum Gasteiger partial charge on any atom is 0.422 e. The molecule has 1 aromatic heterocycles. The Morgan fingerprint density at radius 3 is 2.48 bits per heavy atom. The van der Waals surface area contributed by atoms with Crippen molar-refractivity contribution in [3.63, 3.8) is 0 Å². The van der Waals surface area contributed by atoms with Crippen LogP contribution in [0.1, 0.15) is 23.7 Å². The number of rotatable bonds is 5. The fourth-order valence-corrected chi connectivity index (χ4v) is 2.42. The average Bonchev–Trinajstić information content (AvgIpc) is 2.84. The summed E-state index contributed by atoms with van der Waals surface area (Å²) in [6.07, 6.45) is -4.33. The van der Waals surface area contributed by atoms with Crippen molar-refractivity contribution in [3.8, 4) is 5.75 Å². The van der Waals surface area contributed by atoms with Gasteiger partial charge >= 0.3 is 6.18 Å². The van der Waals surface area contributed by atoms with Gasteiger partial charge in [-0.15, -0.1) is 11.3 Å². The SMILES string of the molecule is Cc1nc(C(C)Nc2ccc(OCC(F)(F)F)cc2)cs1. The molecule has 114 valence electrons. The Kier molecular flexibility index (Phi) is 4.72. The molecule has 0 saturated carbocycles. The molecule has 0 aliphatic rings. The maximum absolute atomic E-state index is 12.0. The number of halogens is 3. The first-order valence-corrected chi connectivity index (χ1v) is 7.19. The lowest BCUT2D eigenvalue weighted by Crippen LogP contribution is -2.19. The predicted octanol–water partition coefficient (Wildman–Crippen LogP) is 4.57. The zero-order chi connectivity index (χ0) is 15.5. The van der Waals surface area contributed by atoms with Crippen molar-refractivity contribution < 1.29 is 17.9 Å². The van der Waals surface area contributed by atoms with E-state index in [0.29, 0.717) is 0 Å². The molecule has 7 heteroatoms. The molecule has 0 aliphatic carbocycles. The van der Waals surface area contributed by atoms with Crippen LogP contribution in [0.15, 0.2) is 29.6 Å². The first kappa shape index (κ1) is 15.6. The summed E-state index contributed by atoms with van der Waals surface area (Å²) >= 11 is 1.58. The van der Waals surface area contributed by atoms with E-state index in [0.717, 1.165) is 16.4 Å². The van der Waals surface area contributed by atoms with Crippen molar-refractivity contribution in [1.82, 2.24) is 4.98 Å². The molecular formula is C14H15F3N2OS. The zero-order valence-electron chi connectivity index (χ0n) is 11.6. The molecule has 1 N–H and O–H groups in total. The number of thiazole rings is 1. The van der Waals surface area contributed by atoms with Gasteiger partial charge in [-0.1, -0.05) is 0 Å². The average molecular weight is 316 g/mol. The van der Waals surface area contributed by atoms with Crippen molar-refractivity contribution in [3.05, 3.63) is 40.3 Å². The van der Waals surface area contributed by atoms with Crippen molar-refractivity contribution in [1.29, 1.82) is 0 Å². The zero-order valence-corrected chi connectivity index (χ0v) is 12.4. The van der Waals surface area contributed by atoms with Gasteiger partial charge in [-0.2, -0.15) is 13.2 Å². The minimum Gasteiger partial charge on any atom is -0.484 e. The van der Waals surface area contributed by atoms with Crippen molar-refractivity contribution in [2.45, 2.75) is 26.1 Å². The van der Waals surface area contributed by atoms with E-state index in [1.165, 1.54) is 12.1 Å². The van der Waals surface area contributed by atoms with Gasteiger partial charge in [0.25, 0.3) is 0 Å². The van der Waals surface area contributed by atoms with E-state index in [2.05, 4.69) is 15.0 Å². The molecule has 3 nitrogen and oxygen atoms in total. The Hall–Kier alpha value is -1.76. The molecule has 1 heterocycles. The van der Waals surface area contributed by atoms with Gasteiger partial charge in [-0.05, 0) is 38.1 Å². The highest BCUT2D eigenvalue weighted by atomic mass is 32.1. The number of hydrogen-bond donors (Lipinski definition) is 1. The molecule has 1 atom stereocenters. The van der Waals surface area contributed by atoms with E-state index in [4.69, 9.17) is 0 Å². The van der Waals surface area contributed by atoms with Gasteiger partial charge in [0.05, 0.1) is 16.7 Å². The lowest BCUT2D eigenvalue weighted by Gasteiger charge is -2.14. The minimum absolute atomic E-state index is 0.0249. The number of ether oxygens (including phenoxy) is 1. The van der Waals surface area contributed by atoms with Crippen LogP contribution in [0, 0.1) is 6.92 Å². The van der Waals surface area contributed by atoms with Gasteiger partial charge in [-0.3, -0.25) is 0 Å². The number of anilines is 1. The molecule has 0 amide bonds. The quantitative estimate of drug-likeness (QED) is 0.877. The standard InChI is InChI=1S/C14H15F3N2OS/c1-9(13-7-21-10(2)19-13)18-11-3-5-12(6-4-11)20-8-14(15,16)17/h3-7,9,18H,8H2,1-2H3. The van der Waals surface area contributed by atoms with Crippen LogP contribution in [-0.4, -0.2) is 17.8 Å². The second kappa shape index (κ2) is 6.34. The third-order valence-corrected chi connectivity index (χ3v) is 3.51. The predicted molar refractivity (Wildman–Crippen MR) is 76.9 cm³/mol. The summed E-state index contributed by atoms with van der Waals surface area (Å²) in [5, 5.41) is 6.21. The lowest BCUT2D eigenvalue weighted by atomic mass is 10.2. The van der Waals surface area contributed by atoms with Crippen molar-refractivity contribution in [2.24, 2.45) is 0 Å². The third-order valence-electron chi connectivity index (χ3n) is 2.72. The third kappa shape index (κ3) is 4.93. The highest BCUT2D eigenvalue weighted by molar-refractivity contribution is 7.09. The first-order chi connectivity index (χ1) is 9.83. The van der Waals surface area contributed by atoms with Gasteiger partial charge in [0.2, 0.25) is 0 Å². The molecule has 0 fully saturated rings. The molecule has 0 spiro atoms. The molecule has 0 saturated heterocycles. The van der Waals surface area contributed by atoms with Crippen LogP contribution in [0.4, 0.5) is 18.9 Å².